The lowest BCUT2D eigenvalue weighted by molar-refractivity contribution is -0.384. The molecule has 2 aromatic heterocycles. The number of hydrogen-bond donors (Lipinski definition) is 1. The molecule has 0 aliphatic heterocycles. The first kappa shape index (κ1) is 22.4. The van der Waals surface area contributed by atoms with Gasteiger partial charge in [-0.1, -0.05) is 11.3 Å². The average Bonchev–Trinajstić information content (AvgIpc) is 3.40. The summed E-state index contributed by atoms with van der Waals surface area (Å²) < 4.78 is 44.6. The Kier molecular flexibility index (Phi) is 6.21. The molecule has 0 aliphatic carbocycles. The second kappa shape index (κ2) is 8.86. The molecule has 0 aliphatic rings. The highest BCUT2D eigenvalue weighted by Crippen LogP contribution is 2.33. The lowest BCUT2D eigenvalue weighted by Crippen LogP contribution is -2.13. The number of methoxy groups -OCH3 is 1. The highest BCUT2D eigenvalue weighted by Gasteiger charge is 2.36. The number of alkyl halides is 3. The smallest absolute Gasteiger partial charge is 0.445 e. The number of rotatable bonds is 6. The molecule has 0 unspecified atom stereocenters. The molecule has 32 heavy (non-hydrogen) atoms. The second-order valence-corrected chi connectivity index (χ2v) is 6.93. The highest BCUT2D eigenvalue weighted by molar-refractivity contribution is 7.15. The van der Waals surface area contributed by atoms with Gasteiger partial charge in [-0.3, -0.25) is 20.2 Å². The number of nitriles is 1. The molecule has 0 fully saturated rings. The number of nitrogens with zero attached hydrogens (tertiary/aromatic N) is 5. The number of aromatic nitrogens is 3. The number of nitro benzene ring substituents is 1. The summed E-state index contributed by atoms with van der Waals surface area (Å²) in [5.41, 5.74) is 0.111. The van der Waals surface area contributed by atoms with E-state index in [-0.39, 0.29) is 22.8 Å². The average molecular weight is 464 g/mol. The first-order valence-corrected chi connectivity index (χ1v) is 9.29. The number of ether oxygens (including phenoxy) is 1. The first-order chi connectivity index (χ1) is 15.1. The van der Waals surface area contributed by atoms with E-state index in [1.54, 1.807) is 24.4 Å². The number of carbonyl (C=O) groups is 1. The summed E-state index contributed by atoms with van der Waals surface area (Å²) in [5.74, 6) is -0.817. The van der Waals surface area contributed by atoms with Crippen molar-refractivity contribution in [3.8, 4) is 17.5 Å². The molecule has 0 bridgehead atoms. The molecule has 0 spiro atoms. The fourth-order valence-corrected chi connectivity index (χ4v) is 3.17. The number of nitro groups is 1. The third kappa shape index (κ3) is 4.73. The van der Waals surface area contributed by atoms with Crippen LogP contribution in [0.1, 0.15) is 10.7 Å². The van der Waals surface area contributed by atoms with Gasteiger partial charge in [-0.05, 0) is 24.3 Å². The summed E-state index contributed by atoms with van der Waals surface area (Å²) in [6.07, 6.45) is -1.94. The van der Waals surface area contributed by atoms with E-state index in [9.17, 15) is 33.3 Å². The van der Waals surface area contributed by atoms with Crippen molar-refractivity contribution in [1.29, 1.82) is 5.26 Å². The number of non-ortho nitro benzene ring substituents is 1. The van der Waals surface area contributed by atoms with Crippen LogP contribution in [-0.4, -0.2) is 32.7 Å². The third-order valence-corrected chi connectivity index (χ3v) is 4.84. The molecule has 0 atom stereocenters. The van der Waals surface area contributed by atoms with E-state index in [1.807, 2.05) is 0 Å². The van der Waals surface area contributed by atoms with Gasteiger partial charge in [0.05, 0.1) is 23.8 Å². The van der Waals surface area contributed by atoms with Crippen LogP contribution in [0.4, 0.5) is 24.0 Å². The summed E-state index contributed by atoms with van der Waals surface area (Å²) >= 11 is 0.120. The van der Waals surface area contributed by atoms with Gasteiger partial charge in [0.15, 0.2) is 0 Å². The molecule has 3 rings (SSSR count). The van der Waals surface area contributed by atoms with Crippen LogP contribution < -0.4 is 10.1 Å². The van der Waals surface area contributed by atoms with Crippen molar-refractivity contribution in [3.05, 3.63) is 62.9 Å². The number of halogens is 3. The van der Waals surface area contributed by atoms with E-state index in [1.165, 1.54) is 36.0 Å². The predicted molar refractivity (Wildman–Crippen MR) is 106 cm³/mol. The molecule has 0 radical (unpaired) electrons. The van der Waals surface area contributed by atoms with Gasteiger partial charge < -0.3 is 9.30 Å². The molecule has 0 saturated heterocycles. The largest absolute Gasteiger partial charge is 0.494 e. The minimum Gasteiger partial charge on any atom is -0.494 e. The summed E-state index contributed by atoms with van der Waals surface area (Å²) in [5, 5.41) is 27.0. The van der Waals surface area contributed by atoms with E-state index in [0.717, 1.165) is 0 Å². The number of nitrogens with one attached hydrogen (secondary N) is 1. The van der Waals surface area contributed by atoms with Gasteiger partial charge in [-0.25, -0.2) is 0 Å². The zero-order valence-corrected chi connectivity index (χ0v) is 16.8. The topological polar surface area (TPSA) is 136 Å². The third-order valence-electron chi connectivity index (χ3n) is 3.96. The Morgan fingerprint density at radius 2 is 2.12 bits per heavy atom. The molecule has 3 aromatic rings. The zero-order chi connectivity index (χ0) is 23.5. The monoisotopic (exact) mass is 464 g/mol. The summed E-state index contributed by atoms with van der Waals surface area (Å²) in [6, 6.07) is 8.74. The van der Waals surface area contributed by atoms with Crippen molar-refractivity contribution in [1.82, 2.24) is 14.8 Å². The molecule has 14 heteroatoms. The minimum atomic E-state index is -4.71. The van der Waals surface area contributed by atoms with Gasteiger partial charge in [-0.15, -0.1) is 10.2 Å². The SMILES string of the molecule is COc1cc([N+](=O)[O-])ccc1-n1cccc1/C=C(/C#N)C(=O)Nc1nnc(C(F)(F)F)s1. The van der Waals surface area contributed by atoms with Crippen LogP contribution >= 0.6 is 11.3 Å². The van der Waals surface area contributed by atoms with Crippen molar-refractivity contribution >= 4 is 34.1 Å². The fourth-order valence-electron chi connectivity index (χ4n) is 2.56. The van der Waals surface area contributed by atoms with E-state index in [0.29, 0.717) is 11.4 Å². The molecular weight excluding hydrogens is 453 g/mol. The van der Waals surface area contributed by atoms with E-state index >= 15 is 0 Å². The number of amides is 1. The molecule has 1 N–H and O–H groups in total. The van der Waals surface area contributed by atoms with E-state index < -0.39 is 32.7 Å². The van der Waals surface area contributed by atoms with Gasteiger partial charge in [0.2, 0.25) is 10.1 Å². The fraction of sp³-hybridized carbons (Fsp3) is 0.111. The van der Waals surface area contributed by atoms with Gasteiger partial charge in [0, 0.05) is 18.0 Å². The second-order valence-electron chi connectivity index (χ2n) is 5.95. The van der Waals surface area contributed by atoms with Gasteiger partial charge in [-0.2, -0.15) is 18.4 Å². The van der Waals surface area contributed by atoms with Crippen LogP contribution in [0.2, 0.25) is 0 Å². The maximum atomic E-state index is 12.6. The lowest BCUT2D eigenvalue weighted by atomic mass is 10.2. The Morgan fingerprint density at radius 3 is 2.72 bits per heavy atom. The molecular formula is C18H11F3N6O4S. The number of benzene rings is 1. The normalized spacial score (nSPS) is 11.7. The van der Waals surface area contributed by atoms with Crippen LogP contribution in [0.5, 0.6) is 5.75 Å². The van der Waals surface area contributed by atoms with E-state index in [2.05, 4.69) is 15.5 Å². The quantitative estimate of drug-likeness (QED) is 0.254. The van der Waals surface area contributed by atoms with Crippen LogP contribution in [-0.2, 0) is 11.0 Å². The Bertz CT molecular complexity index is 1260. The molecule has 10 nitrogen and oxygen atoms in total. The van der Waals surface area contributed by atoms with Crippen LogP contribution in [0.15, 0.2) is 42.1 Å². The molecule has 164 valence electrons. The maximum Gasteiger partial charge on any atom is 0.445 e. The summed E-state index contributed by atoms with van der Waals surface area (Å²) in [7, 11) is 1.33. The van der Waals surface area contributed by atoms with Gasteiger partial charge >= 0.3 is 6.18 Å². The number of hydrogen-bond acceptors (Lipinski definition) is 8. The van der Waals surface area contributed by atoms with Gasteiger partial charge in [0.1, 0.15) is 17.4 Å². The number of carbonyl (C=O) groups excluding carboxylic acids is 1. The van der Waals surface area contributed by atoms with Crippen molar-refractivity contribution in [2.75, 3.05) is 12.4 Å². The lowest BCUT2D eigenvalue weighted by Gasteiger charge is -2.12. The minimum absolute atomic E-state index is 0.120. The van der Waals surface area contributed by atoms with E-state index in [4.69, 9.17) is 4.74 Å². The summed E-state index contributed by atoms with van der Waals surface area (Å²) in [6.45, 7) is 0. The van der Waals surface area contributed by atoms with Crippen LogP contribution in [0.3, 0.4) is 0 Å². The molecule has 0 saturated carbocycles. The summed E-state index contributed by atoms with van der Waals surface area (Å²) in [4.78, 5) is 22.8. The Morgan fingerprint density at radius 1 is 1.38 bits per heavy atom. The zero-order valence-electron chi connectivity index (χ0n) is 16.0. The maximum absolute atomic E-state index is 12.6. The van der Waals surface area contributed by atoms with Crippen molar-refractivity contribution < 1.29 is 27.6 Å². The first-order valence-electron chi connectivity index (χ1n) is 8.48. The predicted octanol–water partition coefficient (Wildman–Crippen LogP) is 3.81. The molecule has 1 amide bonds. The van der Waals surface area contributed by atoms with Gasteiger partial charge in [0.25, 0.3) is 11.6 Å². The van der Waals surface area contributed by atoms with Crippen molar-refractivity contribution in [2.45, 2.75) is 6.18 Å². The highest BCUT2D eigenvalue weighted by atomic mass is 32.1. The van der Waals surface area contributed by atoms with Crippen molar-refractivity contribution in [3.63, 3.8) is 0 Å². The van der Waals surface area contributed by atoms with Crippen LogP contribution in [0, 0.1) is 21.4 Å². The molecule has 2 heterocycles. The Balaban J connectivity index is 1.91. The Hall–Kier alpha value is -4.25. The van der Waals surface area contributed by atoms with Crippen molar-refractivity contribution in [2.24, 2.45) is 0 Å². The number of anilines is 1. The molecule has 1 aromatic carbocycles. The van der Waals surface area contributed by atoms with Crippen LogP contribution in [0.25, 0.3) is 11.8 Å². The Labute approximate surface area is 181 Å². The standard InChI is InChI=1S/C18H11F3N6O4S/c1-31-14-8-12(27(29)30)4-5-13(14)26-6-2-3-11(26)7-10(9-22)15(28)23-17-25-24-16(32-17)18(19,20)21/h2-8H,1H3,(H,23,25,28)/b10-7-.